The standard InChI is InChI=1S/C17H18N2O2/c20-15-10-16(18-11-15)17(21)19-14-8-6-13(7-9-14)12-4-2-1-3-5-12/h1-9,15-16,18,20H,10-11H2,(H,19,21). The molecule has 2 unspecified atom stereocenters. The van der Waals surface area contributed by atoms with Crippen LogP contribution in [0.2, 0.25) is 0 Å². The fourth-order valence-corrected chi connectivity index (χ4v) is 2.52. The molecule has 1 fully saturated rings. The maximum atomic E-state index is 12.0. The number of hydrogen-bond donors (Lipinski definition) is 3. The molecule has 4 nitrogen and oxygen atoms in total. The average molecular weight is 282 g/mol. The molecule has 4 heteroatoms. The van der Waals surface area contributed by atoms with Crippen molar-refractivity contribution in [1.29, 1.82) is 0 Å². The molecule has 21 heavy (non-hydrogen) atoms. The number of anilines is 1. The molecule has 3 N–H and O–H groups in total. The van der Waals surface area contributed by atoms with Gasteiger partial charge in [-0.25, -0.2) is 0 Å². The van der Waals surface area contributed by atoms with Crippen molar-refractivity contribution in [3.05, 3.63) is 54.6 Å². The molecule has 3 rings (SSSR count). The first-order valence-electron chi connectivity index (χ1n) is 7.10. The molecule has 1 aliphatic rings. The second-order valence-electron chi connectivity index (χ2n) is 5.28. The van der Waals surface area contributed by atoms with Gasteiger partial charge in [-0.3, -0.25) is 4.79 Å². The highest BCUT2D eigenvalue weighted by Crippen LogP contribution is 2.21. The van der Waals surface area contributed by atoms with Crippen molar-refractivity contribution < 1.29 is 9.90 Å². The minimum absolute atomic E-state index is 0.0981. The van der Waals surface area contributed by atoms with E-state index in [4.69, 9.17) is 0 Å². The summed E-state index contributed by atoms with van der Waals surface area (Å²) in [5.74, 6) is -0.0981. The summed E-state index contributed by atoms with van der Waals surface area (Å²) in [5.41, 5.74) is 3.03. The number of carbonyl (C=O) groups is 1. The van der Waals surface area contributed by atoms with Crippen molar-refractivity contribution in [2.45, 2.75) is 18.6 Å². The number of β-amino-alcohol motifs (C(OH)–C–C–N with tert-alkyl or cyclic N) is 1. The predicted octanol–water partition coefficient (Wildman–Crippen LogP) is 2.01. The van der Waals surface area contributed by atoms with Gasteiger partial charge in [0, 0.05) is 12.2 Å². The second-order valence-corrected chi connectivity index (χ2v) is 5.28. The highest BCUT2D eigenvalue weighted by Gasteiger charge is 2.27. The SMILES string of the molecule is O=C(Nc1ccc(-c2ccccc2)cc1)C1CC(O)CN1. The smallest absolute Gasteiger partial charge is 0.241 e. The summed E-state index contributed by atoms with van der Waals surface area (Å²) < 4.78 is 0. The lowest BCUT2D eigenvalue weighted by Gasteiger charge is -2.11. The minimum atomic E-state index is -0.429. The van der Waals surface area contributed by atoms with Gasteiger partial charge in [-0.1, -0.05) is 42.5 Å². The molecular weight excluding hydrogens is 264 g/mol. The molecule has 108 valence electrons. The predicted molar refractivity (Wildman–Crippen MR) is 82.9 cm³/mol. The second kappa shape index (κ2) is 6.08. The Kier molecular flexibility index (Phi) is 3.99. The maximum absolute atomic E-state index is 12.0. The van der Waals surface area contributed by atoms with Crippen LogP contribution in [0.5, 0.6) is 0 Å². The molecule has 0 spiro atoms. The number of rotatable bonds is 3. The van der Waals surface area contributed by atoms with Crippen LogP contribution < -0.4 is 10.6 Å². The third-order valence-corrected chi connectivity index (χ3v) is 3.68. The highest BCUT2D eigenvalue weighted by atomic mass is 16.3. The van der Waals surface area contributed by atoms with Gasteiger partial charge >= 0.3 is 0 Å². The summed E-state index contributed by atoms with van der Waals surface area (Å²) in [4.78, 5) is 12.0. The summed E-state index contributed by atoms with van der Waals surface area (Å²) >= 11 is 0. The van der Waals surface area contributed by atoms with E-state index >= 15 is 0 Å². The fourth-order valence-electron chi connectivity index (χ4n) is 2.52. The van der Waals surface area contributed by atoms with Gasteiger partial charge in [0.1, 0.15) is 0 Å². The third-order valence-electron chi connectivity index (χ3n) is 3.68. The van der Waals surface area contributed by atoms with Crippen LogP contribution in [0, 0.1) is 0 Å². The largest absolute Gasteiger partial charge is 0.392 e. The van der Waals surface area contributed by atoms with Gasteiger partial charge in [0.05, 0.1) is 12.1 Å². The molecular formula is C17H18N2O2. The lowest BCUT2D eigenvalue weighted by molar-refractivity contribution is -0.117. The van der Waals surface area contributed by atoms with E-state index in [0.717, 1.165) is 16.8 Å². The molecule has 0 aromatic heterocycles. The molecule has 0 bridgehead atoms. The summed E-state index contributed by atoms with van der Waals surface area (Å²) in [7, 11) is 0. The van der Waals surface area contributed by atoms with Crippen LogP contribution in [0.4, 0.5) is 5.69 Å². The van der Waals surface area contributed by atoms with E-state index in [0.29, 0.717) is 13.0 Å². The summed E-state index contributed by atoms with van der Waals surface area (Å²) in [6, 6.07) is 17.6. The minimum Gasteiger partial charge on any atom is -0.392 e. The monoisotopic (exact) mass is 282 g/mol. The van der Waals surface area contributed by atoms with Crippen molar-refractivity contribution >= 4 is 11.6 Å². The van der Waals surface area contributed by atoms with Crippen LogP contribution >= 0.6 is 0 Å². The lowest BCUT2D eigenvalue weighted by Crippen LogP contribution is -2.35. The number of hydrogen-bond acceptors (Lipinski definition) is 3. The molecule has 1 aliphatic heterocycles. The number of aliphatic hydroxyl groups excluding tert-OH is 1. The molecule has 0 aliphatic carbocycles. The van der Waals surface area contributed by atoms with E-state index < -0.39 is 6.10 Å². The number of nitrogens with one attached hydrogen (secondary N) is 2. The zero-order valence-electron chi connectivity index (χ0n) is 11.6. The van der Waals surface area contributed by atoms with E-state index in [-0.39, 0.29) is 11.9 Å². The number of amides is 1. The molecule has 2 aromatic carbocycles. The first kappa shape index (κ1) is 13.8. The Morgan fingerprint density at radius 3 is 2.33 bits per heavy atom. The van der Waals surface area contributed by atoms with Crippen molar-refractivity contribution in [3.8, 4) is 11.1 Å². The van der Waals surface area contributed by atoms with Gasteiger partial charge in [0.25, 0.3) is 0 Å². The van der Waals surface area contributed by atoms with Crippen LogP contribution in [0.3, 0.4) is 0 Å². The normalized spacial score (nSPS) is 21.2. The van der Waals surface area contributed by atoms with E-state index in [2.05, 4.69) is 22.8 Å². The average Bonchev–Trinajstić information content (AvgIpc) is 2.96. The van der Waals surface area contributed by atoms with Crippen LogP contribution in [0.25, 0.3) is 11.1 Å². The molecule has 1 saturated heterocycles. The van der Waals surface area contributed by atoms with Crippen molar-refractivity contribution in [1.82, 2.24) is 5.32 Å². The lowest BCUT2D eigenvalue weighted by atomic mass is 10.1. The van der Waals surface area contributed by atoms with Gasteiger partial charge in [-0.15, -0.1) is 0 Å². The Hall–Kier alpha value is -2.17. The quantitative estimate of drug-likeness (QED) is 0.807. The summed E-state index contributed by atoms with van der Waals surface area (Å²) in [6.07, 6.45) is 0.0368. The topological polar surface area (TPSA) is 61.4 Å². The van der Waals surface area contributed by atoms with E-state index in [1.165, 1.54) is 0 Å². The maximum Gasteiger partial charge on any atom is 0.241 e. The van der Waals surface area contributed by atoms with Crippen LogP contribution in [0.1, 0.15) is 6.42 Å². The Bertz CT molecular complexity index is 610. The highest BCUT2D eigenvalue weighted by molar-refractivity contribution is 5.95. The van der Waals surface area contributed by atoms with Crippen LogP contribution in [0.15, 0.2) is 54.6 Å². The molecule has 0 saturated carbocycles. The van der Waals surface area contributed by atoms with Gasteiger partial charge < -0.3 is 15.7 Å². The van der Waals surface area contributed by atoms with Crippen molar-refractivity contribution in [2.24, 2.45) is 0 Å². The molecule has 0 radical (unpaired) electrons. The Morgan fingerprint density at radius 2 is 1.71 bits per heavy atom. The first-order chi connectivity index (χ1) is 10.2. The first-order valence-corrected chi connectivity index (χ1v) is 7.10. The van der Waals surface area contributed by atoms with Gasteiger partial charge in [0.2, 0.25) is 5.91 Å². The van der Waals surface area contributed by atoms with Gasteiger partial charge in [-0.05, 0) is 29.7 Å². The zero-order chi connectivity index (χ0) is 14.7. The fraction of sp³-hybridized carbons (Fsp3) is 0.235. The van der Waals surface area contributed by atoms with E-state index in [9.17, 15) is 9.90 Å². The summed E-state index contributed by atoms with van der Waals surface area (Å²) in [6.45, 7) is 0.477. The van der Waals surface area contributed by atoms with Crippen molar-refractivity contribution in [3.63, 3.8) is 0 Å². The number of benzene rings is 2. The summed E-state index contributed by atoms with van der Waals surface area (Å²) in [5, 5.41) is 15.3. The van der Waals surface area contributed by atoms with Crippen LogP contribution in [-0.2, 0) is 4.79 Å². The molecule has 2 aromatic rings. The Labute approximate surface area is 123 Å². The van der Waals surface area contributed by atoms with E-state index in [1.54, 1.807) is 0 Å². The molecule has 2 atom stereocenters. The zero-order valence-corrected chi connectivity index (χ0v) is 11.6. The third kappa shape index (κ3) is 3.29. The molecule has 1 amide bonds. The number of carbonyl (C=O) groups excluding carboxylic acids is 1. The number of aliphatic hydroxyl groups is 1. The van der Waals surface area contributed by atoms with Gasteiger partial charge in [-0.2, -0.15) is 0 Å². The Balaban J connectivity index is 1.66. The molecule has 1 heterocycles. The van der Waals surface area contributed by atoms with Gasteiger partial charge in [0.15, 0.2) is 0 Å². The van der Waals surface area contributed by atoms with Crippen molar-refractivity contribution in [2.75, 3.05) is 11.9 Å². The Morgan fingerprint density at radius 1 is 1.05 bits per heavy atom. The van der Waals surface area contributed by atoms with E-state index in [1.807, 2.05) is 42.5 Å². The van der Waals surface area contributed by atoms with Crippen LogP contribution in [-0.4, -0.2) is 29.7 Å².